The van der Waals surface area contributed by atoms with Crippen molar-refractivity contribution in [2.75, 3.05) is 19.5 Å². The van der Waals surface area contributed by atoms with Crippen LogP contribution in [-0.2, 0) is 16.1 Å². The van der Waals surface area contributed by atoms with Gasteiger partial charge in [0.05, 0.1) is 13.2 Å². The van der Waals surface area contributed by atoms with Gasteiger partial charge in [0.1, 0.15) is 17.1 Å². The van der Waals surface area contributed by atoms with E-state index in [4.69, 9.17) is 4.74 Å². The van der Waals surface area contributed by atoms with Gasteiger partial charge in [0.2, 0.25) is 6.35 Å². The number of halogens is 1. The Labute approximate surface area is 256 Å². The zero-order valence-corrected chi connectivity index (χ0v) is 25.4. The highest BCUT2D eigenvalue weighted by molar-refractivity contribution is 6.23. The average molecular weight is 603 g/mol. The molecule has 5 N–H and O–H groups in total. The van der Waals surface area contributed by atoms with Gasteiger partial charge in [-0.25, -0.2) is 4.39 Å². The van der Waals surface area contributed by atoms with Gasteiger partial charge in [0.15, 0.2) is 0 Å². The summed E-state index contributed by atoms with van der Waals surface area (Å²) in [6, 6.07) is 14.6. The number of nitrogens with one attached hydrogen (secondary N) is 3. The van der Waals surface area contributed by atoms with Crippen molar-refractivity contribution in [3.8, 4) is 28.0 Å². The number of anilines is 1. The predicted molar refractivity (Wildman–Crippen MR) is 167 cm³/mol. The molecule has 3 aromatic rings. The normalized spacial score (nSPS) is 20.2. The standard InChI is InChI=1S/C34H39FN4O5/c1-19-22(21-15-27(35)25(31(16-21)44-4)17-36-29-12-5-6-14-30(29)40)9-7-10-23(19)24-11-8-13-28(20(24)2)38-32(41)26-18-37-34(43)39(3)33(26)42/h7-11,13,15-16,18,29-30,34,36-37,40,43H,5-6,12,14,17H2,1-4H3,(H,38,41)/t29-,30+,34?/m1/s1. The fourth-order valence-electron chi connectivity index (χ4n) is 5.99. The molecule has 0 radical (unpaired) electrons. The topological polar surface area (TPSA) is 123 Å². The van der Waals surface area contributed by atoms with Crippen LogP contribution in [0.1, 0.15) is 42.4 Å². The van der Waals surface area contributed by atoms with Crippen molar-refractivity contribution in [3.05, 3.63) is 82.8 Å². The van der Waals surface area contributed by atoms with E-state index < -0.39 is 24.3 Å². The van der Waals surface area contributed by atoms with Gasteiger partial charge in [0.25, 0.3) is 11.8 Å². The second kappa shape index (κ2) is 13.2. The lowest BCUT2D eigenvalue weighted by molar-refractivity contribution is -0.139. The molecule has 1 fully saturated rings. The van der Waals surface area contributed by atoms with Gasteiger partial charge >= 0.3 is 0 Å². The Kier molecular flexibility index (Phi) is 9.33. The number of likely N-dealkylation sites (N-methyl/N-ethyl adjacent to an activating group) is 1. The first-order valence-electron chi connectivity index (χ1n) is 14.8. The second-order valence-electron chi connectivity index (χ2n) is 11.4. The maximum absolute atomic E-state index is 15.6. The summed E-state index contributed by atoms with van der Waals surface area (Å²) in [5, 5.41) is 28.8. The number of hydrogen-bond acceptors (Lipinski definition) is 7. The minimum Gasteiger partial charge on any atom is -0.496 e. The van der Waals surface area contributed by atoms with Crippen LogP contribution in [0.25, 0.3) is 22.3 Å². The van der Waals surface area contributed by atoms with Crippen molar-refractivity contribution in [2.24, 2.45) is 0 Å². The van der Waals surface area contributed by atoms with Crippen LogP contribution in [0.2, 0.25) is 0 Å². The van der Waals surface area contributed by atoms with Crippen LogP contribution in [0.15, 0.2) is 60.3 Å². The molecule has 5 rings (SSSR count). The Hall–Kier alpha value is -4.25. The number of aliphatic hydroxyl groups is 2. The molecule has 9 nitrogen and oxygen atoms in total. The van der Waals surface area contributed by atoms with Crippen molar-refractivity contribution < 1.29 is 28.9 Å². The number of amides is 2. The molecule has 1 saturated carbocycles. The molecule has 1 unspecified atom stereocenters. The Balaban J connectivity index is 1.42. The highest BCUT2D eigenvalue weighted by Crippen LogP contribution is 2.38. The van der Waals surface area contributed by atoms with E-state index in [0.29, 0.717) is 22.6 Å². The summed E-state index contributed by atoms with van der Waals surface area (Å²) in [7, 11) is 2.92. The number of ether oxygens (including phenoxy) is 1. The summed E-state index contributed by atoms with van der Waals surface area (Å²) in [5.41, 5.74) is 5.83. The first-order chi connectivity index (χ1) is 21.1. The summed E-state index contributed by atoms with van der Waals surface area (Å²) in [5.74, 6) is -1.14. The fraction of sp³-hybridized carbons (Fsp3) is 0.353. The molecule has 0 bridgehead atoms. The third-order valence-electron chi connectivity index (χ3n) is 8.70. The lowest BCUT2D eigenvalue weighted by atomic mass is 9.89. The molecule has 3 aromatic carbocycles. The van der Waals surface area contributed by atoms with Crippen LogP contribution < -0.4 is 20.7 Å². The van der Waals surface area contributed by atoms with Crippen molar-refractivity contribution in [1.29, 1.82) is 0 Å². The Morgan fingerprint density at radius 1 is 1.05 bits per heavy atom. The number of carbonyl (C=O) groups excluding carboxylic acids is 2. The van der Waals surface area contributed by atoms with Crippen LogP contribution in [-0.4, -0.2) is 59.6 Å². The van der Waals surface area contributed by atoms with Crippen molar-refractivity contribution in [1.82, 2.24) is 15.5 Å². The van der Waals surface area contributed by atoms with Gasteiger partial charge < -0.3 is 30.9 Å². The Morgan fingerprint density at radius 3 is 2.45 bits per heavy atom. The molecule has 1 aliphatic heterocycles. The molecule has 3 atom stereocenters. The largest absolute Gasteiger partial charge is 0.496 e. The molecule has 1 aliphatic carbocycles. The smallest absolute Gasteiger partial charge is 0.264 e. The lowest BCUT2D eigenvalue weighted by Gasteiger charge is -2.29. The van der Waals surface area contributed by atoms with Crippen LogP contribution in [0.4, 0.5) is 10.1 Å². The van der Waals surface area contributed by atoms with Gasteiger partial charge in [-0.1, -0.05) is 43.2 Å². The summed E-state index contributed by atoms with van der Waals surface area (Å²) in [4.78, 5) is 26.6. The lowest BCUT2D eigenvalue weighted by Crippen LogP contribution is -2.50. The number of benzene rings is 3. The summed E-state index contributed by atoms with van der Waals surface area (Å²) in [6.07, 6.45) is 3.22. The van der Waals surface area contributed by atoms with Gasteiger partial charge in [-0.3, -0.25) is 14.5 Å². The molecular formula is C34H39FN4O5. The zero-order valence-electron chi connectivity index (χ0n) is 25.4. The summed E-state index contributed by atoms with van der Waals surface area (Å²) >= 11 is 0. The Bertz CT molecular complexity index is 1610. The van der Waals surface area contributed by atoms with Crippen molar-refractivity contribution in [3.63, 3.8) is 0 Å². The Morgan fingerprint density at radius 2 is 1.73 bits per heavy atom. The summed E-state index contributed by atoms with van der Waals surface area (Å²) < 4.78 is 21.2. The highest BCUT2D eigenvalue weighted by Gasteiger charge is 2.30. The maximum Gasteiger partial charge on any atom is 0.264 e. The third-order valence-corrected chi connectivity index (χ3v) is 8.70. The molecule has 44 heavy (non-hydrogen) atoms. The first kappa shape index (κ1) is 31.2. The second-order valence-corrected chi connectivity index (χ2v) is 11.4. The van der Waals surface area contributed by atoms with E-state index in [0.717, 1.165) is 58.4 Å². The SMILES string of the molecule is COc1cc(-c2cccc(-c3cccc(NC(=O)C4=CNC(O)N(C)C4=O)c3C)c2C)cc(F)c1CN[C@@H]1CCCC[C@@H]1O. The fourth-order valence-corrected chi connectivity index (χ4v) is 5.99. The van der Waals surface area contributed by atoms with E-state index in [2.05, 4.69) is 16.0 Å². The minimum absolute atomic E-state index is 0.0685. The molecule has 232 valence electrons. The van der Waals surface area contributed by atoms with Crippen molar-refractivity contribution in [2.45, 2.75) is 64.6 Å². The number of nitrogens with zero attached hydrogens (tertiary/aromatic N) is 1. The number of rotatable bonds is 8. The molecule has 0 saturated heterocycles. The van der Waals surface area contributed by atoms with E-state index in [-0.39, 0.29) is 24.0 Å². The molecule has 2 amide bonds. The number of methoxy groups -OCH3 is 1. The molecule has 10 heteroatoms. The van der Waals surface area contributed by atoms with Crippen LogP contribution >= 0.6 is 0 Å². The van der Waals surface area contributed by atoms with Crippen LogP contribution in [0.5, 0.6) is 5.75 Å². The van der Waals surface area contributed by atoms with E-state index >= 15 is 4.39 Å². The van der Waals surface area contributed by atoms with Gasteiger partial charge in [-0.2, -0.15) is 0 Å². The van der Waals surface area contributed by atoms with Gasteiger partial charge in [-0.15, -0.1) is 0 Å². The van der Waals surface area contributed by atoms with Crippen LogP contribution in [0.3, 0.4) is 0 Å². The molecule has 2 aliphatic rings. The zero-order chi connectivity index (χ0) is 31.5. The maximum atomic E-state index is 15.6. The van der Waals surface area contributed by atoms with E-state index in [9.17, 15) is 19.8 Å². The number of hydrogen-bond donors (Lipinski definition) is 5. The van der Waals surface area contributed by atoms with E-state index in [1.54, 1.807) is 6.07 Å². The molecule has 0 spiro atoms. The minimum atomic E-state index is -1.20. The van der Waals surface area contributed by atoms with Crippen molar-refractivity contribution >= 4 is 17.5 Å². The van der Waals surface area contributed by atoms with E-state index in [1.807, 2.05) is 50.2 Å². The number of aliphatic hydroxyl groups excluding tert-OH is 2. The number of carbonyl (C=O) groups is 2. The molecule has 0 aromatic heterocycles. The monoisotopic (exact) mass is 602 g/mol. The van der Waals surface area contributed by atoms with Crippen LogP contribution in [0, 0.1) is 19.7 Å². The average Bonchev–Trinajstić information content (AvgIpc) is 3.01. The van der Waals surface area contributed by atoms with Gasteiger partial charge in [0, 0.05) is 37.1 Å². The summed E-state index contributed by atoms with van der Waals surface area (Å²) in [6.45, 7) is 4.11. The highest BCUT2D eigenvalue weighted by atomic mass is 19.1. The molecule has 1 heterocycles. The third kappa shape index (κ3) is 6.19. The molecular weight excluding hydrogens is 563 g/mol. The first-order valence-corrected chi connectivity index (χ1v) is 14.8. The van der Waals surface area contributed by atoms with Gasteiger partial charge in [-0.05, 0) is 78.3 Å². The predicted octanol–water partition coefficient (Wildman–Crippen LogP) is 4.34. The van der Waals surface area contributed by atoms with E-state index in [1.165, 1.54) is 26.4 Å². The quantitative estimate of drug-likeness (QED) is 0.243.